The van der Waals surface area contributed by atoms with Crippen molar-refractivity contribution in [3.63, 3.8) is 0 Å². The fraction of sp³-hybridized carbons (Fsp3) is 0.333. The number of imide groups is 2. The molecule has 6 atom stereocenters. The number of fused-ring (bicyclic) bond motifs is 4. The van der Waals surface area contributed by atoms with Crippen LogP contribution < -0.4 is 4.90 Å². The minimum Gasteiger partial charge on any atom is -0.507 e. The summed E-state index contributed by atoms with van der Waals surface area (Å²) in [6, 6.07) is 9.85. The number of hydrogen-bond acceptors (Lipinski definition) is 5. The summed E-state index contributed by atoms with van der Waals surface area (Å²) in [7, 11) is 1.43. The summed E-state index contributed by atoms with van der Waals surface area (Å²) < 4.78 is 13.7. The van der Waals surface area contributed by atoms with E-state index in [1.54, 1.807) is 30.4 Å². The van der Waals surface area contributed by atoms with Crippen molar-refractivity contribution in [2.75, 3.05) is 11.9 Å². The molecule has 3 fully saturated rings. The van der Waals surface area contributed by atoms with Crippen molar-refractivity contribution < 1.29 is 28.7 Å². The van der Waals surface area contributed by atoms with Crippen molar-refractivity contribution in [3.05, 3.63) is 83.7 Å². The molecule has 1 saturated carbocycles. The van der Waals surface area contributed by atoms with E-state index in [1.807, 2.05) is 0 Å². The van der Waals surface area contributed by atoms with Crippen molar-refractivity contribution in [1.29, 1.82) is 0 Å². The van der Waals surface area contributed by atoms with Gasteiger partial charge >= 0.3 is 0 Å². The molecule has 4 aliphatic rings. The average Bonchev–Trinajstić information content (AvgIpc) is 3.24. The van der Waals surface area contributed by atoms with Crippen LogP contribution in [-0.4, -0.2) is 50.4 Å². The second-order valence-electron chi connectivity index (χ2n) is 10.8. The minimum atomic E-state index is -2.10. The monoisotopic (exact) mass is 582 g/mol. The third-order valence-electron chi connectivity index (χ3n) is 8.94. The Kier molecular flexibility index (Phi) is 6.02. The van der Waals surface area contributed by atoms with E-state index in [-0.39, 0.29) is 41.7 Å². The number of amides is 4. The van der Waals surface area contributed by atoms with Crippen LogP contribution in [0.25, 0.3) is 0 Å². The number of halogens is 3. The molecule has 206 valence electrons. The summed E-state index contributed by atoms with van der Waals surface area (Å²) in [6.07, 6.45) is 3.81. The van der Waals surface area contributed by atoms with E-state index in [1.165, 1.54) is 19.2 Å². The van der Waals surface area contributed by atoms with Crippen LogP contribution in [0.15, 0.2) is 66.8 Å². The number of benzene rings is 2. The van der Waals surface area contributed by atoms with Crippen molar-refractivity contribution in [2.24, 2.45) is 17.8 Å². The second kappa shape index (κ2) is 9.01. The molecule has 10 heteroatoms. The smallest absolute Gasteiger partial charge is 0.258 e. The molecule has 2 aromatic rings. The maximum atomic E-state index is 14.3. The summed E-state index contributed by atoms with van der Waals surface area (Å²) in [5.74, 6) is -6.22. The zero-order chi connectivity index (χ0) is 28.7. The molecule has 2 saturated heterocycles. The molecule has 0 radical (unpaired) electrons. The van der Waals surface area contributed by atoms with Gasteiger partial charge in [-0.05, 0) is 55.0 Å². The summed E-state index contributed by atoms with van der Waals surface area (Å²) in [5, 5.41) is 11.4. The van der Waals surface area contributed by atoms with Crippen molar-refractivity contribution in [1.82, 2.24) is 4.90 Å². The van der Waals surface area contributed by atoms with Crippen molar-refractivity contribution in [3.8, 4) is 5.75 Å². The van der Waals surface area contributed by atoms with Gasteiger partial charge in [0, 0.05) is 18.5 Å². The first-order valence-electron chi connectivity index (χ1n) is 12.9. The zero-order valence-electron chi connectivity index (χ0n) is 21.4. The summed E-state index contributed by atoms with van der Waals surface area (Å²) in [6.45, 7) is 3.74. The van der Waals surface area contributed by atoms with Crippen LogP contribution in [0.4, 0.5) is 10.1 Å². The average molecular weight is 583 g/mol. The van der Waals surface area contributed by atoms with Crippen LogP contribution in [0, 0.1) is 23.6 Å². The number of phenols is 1. The van der Waals surface area contributed by atoms with Crippen LogP contribution in [0.3, 0.4) is 0 Å². The molecule has 7 nitrogen and oxygen atoms in total. The number of carbonyl (C=O) groups is 4. The first-order valence-corrected chi connectivity index (χ1v) is 13.7. The molecular formula is C30H25Cl2FN2O5. The largest absolute Gasteiger partial charge is 0.507 e. The molecule has 6 rings (SSSR count). The van der Waals surface area contributed by atoms with Gasteiger partial charge in [-0.2, -0.15) is 0 Å². The Hall–Kier alpha value is -3.49. The highest BCUT2D eigenvalue weighted by Crippen LogP contribution is 2.66. The number of phenolic OH excluding ortho intramolecular Hbond substituents is 1. The zero-order valence-corrected chi connectivity index (χ0v) is 23.0. The normalized spacial score (nSPS) is 33.0. The fourth-order valence-corrected chi connectivity index (χ4v) is 7.99. The number of rotatable bonds is 4. The van der Waals surface area contributed by atoms with E-state index in [4.69, 9.17) is 23.2 Å². The number of hydrogen-bond donors (Lipinski definition) is 1. The molecule has 0 spiro atoms. The quantitative estimate of drug-likeness (QED) is 0.326. The van der Waals surface area contributed by atoms with Crippen LogP contribution in [0.1, 0.15) is 29.9 Å². The van der Waals surface area contributed by atoms with E-state index in [0.717, 1.165) is 21.9 Å². The third kappa shape index (κ3) is 3.29. The third-order valence-corrected chi connectivity index (χ3v) is 10.4. The summed E-state index contributed by atoms with van der Waals surface area (Å²) in [4.78, 5) is 52.4. The Morgan fingerprint density at radius 3 is 2.42 bits per heavy atom. The lowest BCUT2D eigenvalue weighted by atomic mass is 9.56. The van der Waals surface area contributed by atoms with Crippen LogP contribution in [-0.2, 0) is 25.6 Å². The Labute approximate surface area is 239 Å². The molecule has 2 aliphatic carbocycles. The van der Waals surface area contributed by atoms with Crippen LogP contribution in [0.5, 0.6) is 5.75 Å². The molecule has 40 heavy (non-hydrogen) atoms. The predicted octanol–water partition coefficient (Wildman–Crippen LogP) is 4.45. The van der Waals surface area contributed by atoms with Gasteiger partial charge < -0.3 is 5.11 Å². The molecular weight excluding hydrogens is 558 g/mol. The maximum absolute atomic E-state index is 14.3. The molecule has 0 bridgehead atoms. The Bertz CT molecular complexity index is 1540. The second-order valence-corrected chi connectivity index (χ2v) is 12.1. The van der Waals surface area contributed by atoms with Gasteiger partial charge in [0.15, 0.2) is 9.75 Å². The maximum Gasteiger partial charge on any atom is 0.258 e. The summed E-state index contributed by atoms with van der Waals surface area (Å²) >= 11 is 14.6. The first kappa shape index (κ1) is 26.7. The van der Waals surface area contributed by atoms with E-state index in [9.17, 15) is 28.7 Å². The lowest BCUT2D eigenvalue weighted by Crippen LogP contribution is -2.60. The lowest BCUT2D eigenvalue weighted by Gasteiger charge is -2.50. The minimum absolute atomic E-state index is 0.0934. The van der Waals surface area contributed by atoms with Crippen molar-refractivity contribution in [2.45, 2.75) is 34.9 Å². The number of alkyl halides is 2. The predicted molar refractivity (Wildman–Crippen MR) is 146 cm³/mol. The fourth-order valence-electron chi connectivity index (χ4n) is 7.07. The number of allylic oxidation sites excluding steroid dienone is 3. The Balaban J connectivity index is 1.60. The number of likely N-dealkylation sites (tertiary alicyclic amines) is 1. The van der Waals surface area contributed by atoms with Gasteiger partial charge in [0.2, 0.25) is 11.8 Å². The van der Waals surface area contributed by atoms with Gasteiger partial charge in [-0.15, -0.1) is 29.8 Å². The highest BCUT2D eigenvalue weighted by Gasteiger charge is 2.76. The van der Waals surface area contributed by atoms with Gasteiger partial charge in [0.1, 0.15) is 11.6 Å². The topological polar surface area (TPSA) is 95.0 Å². The Morgan fingerprint density at radius 2 is 1.75 bits per heavy atom. The number of aromatic hydroxyl groups is 1. The molecule has 2 aromatic carbocycles. The van der Waals surface area contributed by atoms with Crippen LogP contribution >= 0.6 is 23.2 Å². The van der Waals surface area contributed by atoms with Gasteiger partial charge in [0.25, 0.3) is 11.8 Å². The number of carbonyl (C=O) groups excluding carboxylic acids is 4. The van der Waals surface area contributed by atoms with E-state index >= 15 is 0 Å². The number of anilines is 1. The Morgan fingerprint density at radius 1 is 1.05 bits per heavy atom. The first-order chi connectivity index (χ1) is 19.0. The van der Waals surface area contributed by atoms with Gasteiger partial charge in [-0.25, -0.2) is 9.29 Å². The SMILES string of the molecule is C=CCc1cccc([C@H]2C3=CC[C@@H]4C(=O)N(C)C(=O)[C@@H]4[C@@H]3C[C@@]3(Cl)C(=O)N(c4ccc(F)cc4)C(=O)[C@@]23Cl)c1O. The number of para-hydroxylation sites is 1. The van der Waals surface area contributed by atoms with E-state index < -0.39 is 51.1 Å². The highest BCUT2D eigenvalue weighted by atomic mass is 35.5. The molecule has 4 amide bonds. The number of nitrogens with zero attached hydrogens (tertiary/aromatic N) is 2. The van der Waals surface area contributed by atoms with E-state index in [2.05, 4.69) is 6.58 Å². The van der Waals surface area contributed by atoms with E-state index in [0.29, 0.717) is 17.6 Å². The van der Waals surface area contributed by atoms with Crippen LogP contribution in [0.2, 0.25) is 0 Å². The molecule has 1 N–H and O–H groups in total. The lowest BCUT2D eigenvalue weighted by molar-refractivity contribution is -0.138. The van der Waals surface area contributed by atoms with Gasteiger partial charge in [-0.3, -0.25) is 24.1 Å². The standard InChI is InChI=1S/C30H25Cl2FN2O5/c1-3-5-15-6-4-7-20(24(15)36)23-18-12-13-19-22(26(38)34(2)25(19)37)21(18)14-29(31)27(39)35(28(40)30(23,29)32)17-10-8-16(33)9-11-17/h3-4,6-12,19,21-23,36H,1,5,13-14H2,2H3/t19-,21+,22-,23+,29+,30-/m0/s1. The molecule has 2 aliphatic heterocycles. The molecule has 0 aromatic heterocycles. The van der Waals surface area contributed by atoms with Crippen molar-refractivity contribution >= 4 is 52.5 Å². The summed E-state index contributed by atoms with van der Waals surface area (Å²) in [5.41, 5.74) is 1.48. The van der Waals surface area contributed by atoms with Gasteiger partial charge in [0.05, 0.1) is 17.5 Å². The van der Waals surface area contributed by atoms with Gasteiger partial charge in [-0.1, -0.05) is 35.9 Å². The molecule has 0 unspecified atom stereocenters. The molecule has 2 heterocycles. The highest BCUT2D eigenvalue weighted by molar-refractivity contribution is 6.58.